The largest absolute Gasteiger partial charge is 0.465 e. The molecule has 2 heterocycles. The molecule has 128 valence electrons. The Morgan fingerprint density at radius 1 is 1.22 bits per heavy atom. The van der Waals surface area contributed by atoms with E-state index in [1.54, 1.807) is 0 Å². The van der Waals surface area contributed by atoms with E-state index in [4.69, 9.17) is 16.3 Å². The maximum Gasteiger partial charge on any atom is 0.351 e. The predicted octanol–water partition coefficient (Wildman–Crippen LogP) is 3.28. The van der Waals surface area contributed by atoms with Gasteiger partial charge in [-0.15, -0.1) is 0 Å². The van der Waals surface area contributed by atoms with Gasteiger partial charge in [-0.05, 0) is 31.6 Å². The molecule has 1 saturated heterocycles. The second kappa shape index (κ2) is 7.36. The average molecular weight is 358 g/mol. The third-order valence-electron chi connectivity index (χ3n) is 5.03. The number of ether oxygens (including phenoxy) is 1. The summed E-state index contributed by atoms with van der Waals surface area (Å²) in [5.74, 6) is 0.482. The van der Waals surface area contributed by atoms with E-state index in [-0.39, 0.29) is 5.15 Å². The number of carbonyl (C=O) groups excluding carboxylic acids is 1. The van der Waals surface area contributed by atoms with Gasteiger partial charge in [-0.1, -0.05) is 29.9 Å². The summed E-state index contributed by atoms with van der Waals surface area (Å²) in [7, 11) is 1.36. The highest BCUT2D eigenvalue weighted by atomic mass is 35.5. The fourth-order valence-electron chi connectivity index (χ4n) is 3.53. The molecule has 0 bridgehead atoms. The summed E-state index contributed by atoms with van der Waals surface area (Å²) in [6.07, 6.45) is 5.37. The summed E-state index contributed by atoms with van der Waals surface area (Å²) in [6, 6.07) is 0.749. The lowest BCUT2D eigenvalue weighted by molar-refractivity contribution is 0.0606. The molecule has 23 heavy (non-hydrogen) atoms. The zero-order chi connectivity index (χ0) is 16.4. The number of nitrogens with zero attached hydrogens (tertiary/aromatic N) is 3. The summed E-state index contributed by atoms with van der Waals surface area (Å²) < 4.78 is 4.74. The van der Waals surface area contributed by atoms with Crippen LogP contribution in [0, 0.1) is 5.92 Å². The van der Waals surface area contributed by atoms with Gasteiger partial charge < -0.3 is 9.64 Å². The van der Waals surface area contributed by atoms with Crippen molar-refractivity contribution in [2.45, 2.75) is 38.6 Å². The number of methoxy groups -OCH3 is 1. The van der Waals surface area contributed by atoms with Crippen molar-refractivity contribution in [2.24, 2.45) is 5.92 Å². The van der Waals surface area contributed by atoms with Gasteiger partial charge in [0.1, 0.15) is 0 Å². The molecule has 3 rings (SSSR count). The Hall–Kier alpha value is -0.850. The van der Waals surface area contributed by atoms with Gasteiger partial charge in [0.2, 0.25) is 0 Å². The van der Waals surface area contributed by atoms with E-state index in [2.05, 4.69) is 21.7 Å². The van der Waals surface area contributed by atoms with Crippen LogP contribution in [0.1, 0.15) is 42.3 Å². The molecule has 1 aliphatic carbocycles. The fourth-order valence-corrected chi connectivity index (χ4v) is 4.78. The predicted molar refractivity (Wildman–Crippen MR) is 93.7 cm³/mol. The molecule has 1 saturated carbocycles. The molecule has 1 aliphatic heterocycles. The molecule has 1 aromatic heterocycles. The van der Waals surface area contributed by atoms with Gasteiger partial charge in [-0.2, -0.15) is 0 Å². The molecule has 1 aromatic rings. The van der Waals surface area contributed by atoms with Gasteiger partial charge in [-0.3, -0.25) is 4.90 Å². The van der Waals surface area contributed by atoms with Crippen LogP contribution in [-0.2, 0) is 4.74 Å². The quantitative estimate of drug-likeness (QED) is 0.777. The van der Waals surface area contributed by atoms with E-state index in [0.29, 0.717) is 4.88 Å². The molecule has 5 nitrogen and oxygen atoms in total. The third-order valence-corrected chi connectivity index (χ3v) is 6.51. The summed E-state index contributed by atoms with van der Waals surface area (Å²) in [5.41, 5.74) is 0. The first kappa shape index (κ1) is 17.0. The first-order chi connectivity index (χ1) is 11.1. The zero-order valence-corrected chi connectivity index (χ0v) is 15.3. The Morgan fingerprint density at radius 2 is 1.87 bits per heavy atom. The molecule has 0 radical (unpaired) electrons. The van der Waals surface area contributed by atoms with Crippen molar-refractivity contribution in [3.05, 3.63) is 10.0 Å². The minimum atomic E-state index is -0.409. The van der Waals surface area contributed by atoms with Crippen molar-refractivity contribution in [1.29, 1.82) is 0 Å². The van der Waals surface area contributed by atoms with Crippen LogP contribution in [0.2, 0.25) is 5.15 Å². The topological polar surface area (TPSA) is 45.7 Å². The standard InChI is InChI=1S/C16H24ClN3O2S/c1-11-3-5-12(6-4-11)19-7-9-20(10-8-19)16-18-14(17)13(23-16)15(21)22-2/h11-12H,3-10H2,1-2H3. The van der Waals surface area contributed by atoms with E-state index in [0.717, 1.165) is 43.3 Å². The van der Waals surface area contributed by atoms with Crippen LogP contribution in [0.5, 0.6) is 0 Å². The first-order valence-corrected chi connectivity index (χ1v) is 9.51. The van der Waals surface area contributed by atoms with Gasteiger partial charge in [0.25, 0.3) is 0 Å². The van der Waals surface area contributed by atoms with Crippen LogP contribution in [0.15, 0.2) is 0 Å². The van der Waals surface area contributed by atoms with E-state index in [1.807, 2.05) is 0 Å². The lowest BCUT2D eigenvalue weighted by Crippen LogP contribution is -2.51. The molecule has 2 fully saturated rings. The Kier molecular flexibility index (Phi) is 5.44. The van der Waals surface area contributed by atoms with Crippen molar-refractivity contribution < 1.29 is 9.53 Å². The van der Waals surface area contributed by atoms with E-state index >= 15 is 0 Å². The highest BCUT2D eigenvalue weighted by Crippen LogP contribution is 2.32. The molecular formula is C16H24ClN3O2S. The maximum absolute atomic E-state index is 11.7. The maximum atomic E-state index is 11.7. The number of piperazine rings is 1. The van der Waals surface area contributed by atoms with E-state index in [1.165, 1.54) is 44.1 Å². The van der Waals surface area contributed by atoms with Crippen LogP contribution in [0.4, 0.5) is 5.13 Å². The van der Waals surface area contributed by atoms with Crippen molar-refractivity contribution in [3.8, 4) is 0 Å². The number of hydrogen-bond acceptors (Lipinski definition) is 6. The summed E-state index contributed by atoms with van der Waals surface area (Å²) in [6.45, 7) is 6.36. The number of esters is 1. The average Bonchev–Trinajstić information content (AvgIpc) is 2.97. The first-order valence-electron chi connectivity index (χ1n) is 8.32. The molecule has 0 N–H and O–H groups in total. The lowest BCUT2D eigenvalue weighted by atomic mass is 9.86. The summed E-state index contributed by atoms with van der Waals surface area (Å²) in [5, 5.41) is 1.08. The van der Waals surface area contributed by atoms with Crippen LogP contribution in [-0.4, -0.2) is 55.2 Å². The molecule has 0 amide bonds. The minimum Gasteiger partial charge on any atom is -0.465 e. The number of rotatable bonds is 3. The van der Waals surface area contributed by atoms with Crippen LogP contribution in [0.25, 0.3) is 0 Å². The molecule has 2 aliphatic rings. The van der Waals surface area contributed by atoms with Gasteiger partial charge >= 0.3 is 5.97 Å². The highest BCUT2D eigenvalue weighted by molar-refractivity contribution is 7.18. The zero-order valence-electron chi connectivity index (χ0n) is 13.8. The Bertz CT molecular complexity index is 550. The van der Waals surface area contributed by atoms with Crippen LogP contribution in [0.3, 0.4) is 0 Å². The summed E-state index contributed by atoms with van der Waals surface area (Å²) >= 11 is 7.39. The highest BCUT2D eigenvalue weighted by Gasteiger charge is 2.28. The second-order valence-corrected chi connectivity index (χ2v) is 7.88. The SMILES string of the molecule is COC(=O)c1sc(N2CCN(C3CCC(C)CC3)CC2)nc1Cl. The number of carbonyl (C=O) groups is 1. The van der Waals surface area contributed by atoms with Crippen LogP contribution < -0.4 is 4.90 Å². The van der Waals surface area contributed by atoms with E-state index in [9.17, 15) is 4.79 Å². The fraction of sp³-hybridized carbons (Fsp3) is 0.750. The Balaban J connectivity index is 1.58. The third kappa shape index (κ3) is 3.80. The van der Waals surface area contributed by atoms with Gasteiger partial charge in [0, 0.05) is 32.2 Å². The Labute approximate surface area is 146 Å². The van der Waals surface area contributed by atoms with Gasteiger partial charge in [0.15, 0.2) is 15.2 Å². The normalized spacial score (nSPS) is 26.3. The smallest absolute Gasteiger partial charge is 0.351 e. The number of aromatic nitrogens is 1. The molecular weight excluding hydrogens is 334 g/mol. The molecule has 0 aromatic carbocycles. The van der Waals surface area contributed by atoms with Gasteiger partial charge in [0.05, 0.1) is 7.11 Å². The van der Waals surface area contributed by atoms with Crippen molar-refractivity contribution >= 4 is 34.0 Å². The number of halogens is 1. The van der Waals surface area contributed by atoms with E-state index < -0.39 is 5.97 Å². The van der Waals surface area contributed by atoms with Crippen molar-refractivity contribution in [3.63, 3.8) is 0 Å². The lowest BCUT2D eigenvalue weighted by Gasteiger charge is -2.41. The number of hydrogen-bond donors (Lipinski definition) is 0. The monoisotopic (exact) mass is 357 g/mol. The summed E-state index contributed by atoms with van der Waals surface area (Å²) in [4.78, 5) is 21.2. The van der Waals surface area contributed by atoms with Gasteiger partial charge in [-0.25, -0.2) is 9.78 Å². The number of thiazole rings is 1. The Morgan fingerprint density at radius 3 is 2.48 bits per heavy atom. The second-order valence-electron chi connectivity index (χ2n) is 6.54. The molecule has 0 atom stereocenters. The van der Waals surface area contributed by atoms with Crippen molar-refractivity contribution in [1.82, 2.24) is 9.88 Å². The number of anilines is 1. The molecule has 0 spiro atoms. The van der Waals surface area contributed by atoms with Crippen LogP contribution >= 0.6 is 22.9 Å². The minimum absolute atomic E-state index is 0.251. The van der Waals surface area contributed by atoms with Crippen molar-refractivity contribution in [2.75, 3.05) is 38.2 Å². The molecule has 0 unspecified atom stereocenters. The molecule has 7 heteroatoms.